The van der Waals surface area contributed by atoms with E-state index in [2.05, 4.69) is 75.5 Å². The number of nitrogens with two attached hydrogens (primary N) is 1. The van der Waals surface area contributed by atoms with Gasteiger partial charge in [0.05, 0.1) is 0 Å². The molecule has 0 amide bonds. The summed E-state index contributed by atoms with van der Waals surface area (Å²) in [7, 11) is 0. The van der Waals surface area contributed by atoms with E-state index in [1.165, 1.54) is 21.9 Å². The summed E-state index contributed by atoms with van der Waals surface area (Å²) in [6.07, 6.45) is 0. The van der Waals surface area contributed by atoms with Crippen molar-refractivity contribution in [2.45, 2.75) is 0 Å². The van der Waals surface area contributed by atoms with Crippen molar-refractivity contribution in [3.8, 4) is 11.1 Å². The zero-order valence-corrected chi connectivity index (χ0v) is 12.5. The van der Waals surface area contributed by atoms with E-state index < -0.39 is 0 Å². The molecule has 0 fully saturated rings. The topological polar surface area (TPSA) is 38.0 Å². The van der Waals surface area contributed by atoms with Crippen molar-refractivity contribution in [3.05, 3.63) is 66.7 Å². The molecule has 20 heavy (non-hydrogen) atoms. The van der Waals surface area contributed by atoms with E-state index in [1.807, 2.05) is 12.1 Å². The molecule has 3 aromatic carbocycles. The Kier molecular flexibility index (Phi) is 3.55. The molecule has 3 N–H and O–H groups in total. The van der Waals surface area contributed by atoms with Crippen LogP contribution < -0.4 is 11.1 Å². The molecule has 0 radical (unpaired) electrons. The van der Waals surface area contributed by atoms with E-state index in [4.69, 9.17) is 5.73 Å². The normalized spacial score (nSPS) is 10.4. The first kappa shape index (κ1) is 12.9. The molecule has 0 spiro atoms. The molecule has 2 nitrogen and oxygen atoms in total. The predicted molar refractivity (Wildman–Crippen MR) is 88.0 cm³/mol. The third-order valence-electron chi connectivity index (χ3n) is 3.21. The summed E-state index contributed by atoms with van der Waals surface area (Å²) in [5.41, 5.74) is 9.09. The minimum atomic E-state index is 0.569. The van der Waals surface area contributed by atoms with Crippen molar-refractivity contribution in [2.24, 2.45) is 5.73 Å². The van der Waals surface area contributed by atoms with Gasteiger partial charge in [-0.15, -0.1) is 0 Å². The number of nitrogens with one attached hydrogen (secondary N) is 1. The number of fused-ring (bicyclic) bond motifs is 1. The van der Waals surface area contributed by atoms with Gasteiger partial charge in [0.2, 0.25) is 0 Å². The zero-order chi connectivity index (χ0) is 13.9. The first-order valence-corrected chi connectivity index (χ1v) is 7.24. The molecule has 3 rings (SSSR count). The summed E-state index contributed by atoms with van der Waals surface area (Å²) < 4.78 is 0.569. The maximum absolute atomic E-state index is 5.71. The fraction of sp³-hybridized carbons (Fsp3) is 0. The van der Waals surface area contributed by atoms with Gasteiger partial charge in [0, 0.05) is 0 Å². The van der Waals surface area contributed by atoms with Crippen LogP contribution in [0.2, 0.25) is 0 Å². The summed E-state index contributed by atoms with van der Waals surface area (Å²) >= 11 is 2.78. The second kappa shape index (κ2) is 5.49. The molecule has 0 aliphatic rings. The van der Waals surface area contributed by atoms with Gasteiger partial charge in [-0.05, 0) is 0 Å². The van der Waals surface area contributed by atoms with Crippen LogP contribution >= 0.6 is 0 Å². The van der Waals surface area contributed by atoms with Crippen molar-refractivity contribution in [3.63, 3.8) is 0 Å². The standard InChI is InChI=1S/C17H14N2Se/c18-17(20)19-14-10-13-8-4-5-9-15(13)16(11-14)12-6-2-1-3-7-12/h1-11H,(H3,18,19,20). The van der Waals surface area contributed by atoms with Crippen molar-refractivity contribution in [1.82, 2.24) is 0 Å². The van der Waals surface area contributed by atoms with Gasteiger partial charge in [0.1, 0.15) is 0 Å². The number of hydrogen-bond donors (Lipinski definition) is 2. The molecule has 0 aromatic heterocycles. The van der Waals surface area contributed by atoms with Gasteiger partial charge in [-0.2, -0.15) is 0 Å². The monoisotopic (exact) mass is 326 g/mol. The van der Waals surface area contributed by atoms with E-state index in [0.29, 0.717) is 4.67 Å². The van der Waals surface area contributed by atoms with Crippen LogP contribution in [0.3, 0.4) is 0 Å². The Balaban J connectivity index is 2.25. The van der Waals surface area contributed by atoms with Gasteiger partial charge < -0.3 is 0 Å². The van der Waals surface area contributed by atoms with Crippen LogP contribution in [-0.4, -0.2) is 20.2 Å². The molecular weight excluding hydrogens is 311 g/mol. The molecule has 3 heteroatoms. The number of hydrogen-bond acceptors (Lipinski definition) is 2. The predicted octanol–water partition coefficient (Wildman–Crippen LogP) is 3.13. The van der Waals surface area contributed by atoms with Crippen molar-refractivity contribution in [1.29, 1.82) is 0 Å². The van der Waals surface area contributed by atoms with Gasteiger partial charge in [-0.3, -0.25) is 0 Å². The van der Waals surface area contributed by atoms with E-state index in [0.717, 1.165) is 5.69 Å². The Bertz CT molecular complexity index is 766. The summed E-state index contributed by atoms with van der Waals surface area (Å²) in [6, 6.07) is 23.0. The van der Waals surface area contributed by atoms with Crippen LogP contribution in [0.4, 0.5) is 5.69 Å². The van der Waals surface area contributed by atoms with Gasteiger partial charge >= 0.3 is 126 Å². The second-order valence-electron chi connectivity index (χ2n) is 4.60. The first-order valence-electron chi connectivity index (χ1n) is 6.39. The fourth-order valence-corrected chi connectivity index (χ4v) is 2.63. The molecule has 98 valence electrons. The number of rotatable bonds is 3. The molecular formula is C17H14N2Se. The van der Waals surface area contributed by atoms with Gasteiger partial charge in [-0.25, -0.2) is 0 Å². The average Bonchev–Trinajstić information content (AvgIpc) is 2.47. The first-order chi connectivity index (χ1) is 9.74. The summed E-state index contributed by atoms with van der Waals surface area (Å²) in [4.78, 5) is 0. The average molecular weight is 325 g/mol. The number of anilines is 1. The van der Waals surface area contributed by atoms with Crippen LogP contribution in [-0.2, 0) is 0 Å². The molecule has 0 aliphatic heterocycles. The van der Waals surface area contributed by atoms with Crippen molar-refractivity contribution < 1.29 is 0 Å². The third kappa shape index (κ3) is 2.60. The zero-order valence-electron chi connectivity index (χ0n) is 10.8. The Labute approximate surface area is 126 Å². The quantitative estimate of drug-likeness (QED) is 0.726. The van der Waals surface area contributed by atoms with Crippen LogP contribution in [0.1, 0.15) is 0 Å². The van der Waals surface area contributed by atoms with Gasteiger partial charge in [-0.1, -0.05) is 0 Å². The van der Waals surface area contributed by atoms with E-state index in [9.17, 15) is 0 Å². The molecule has 0 bridgehead atoms. The van der Waals surface area contributed by atoms with E-state index >= 15 is 0 Å². The molecule has 0 heterocycles. The Morgan fingerprint density at radius 1 is 0.900 bits per heavy atom. The molecule has 0 atom stereocenters. The molecule has 0 saturated heterocycles. The van der Waals surface area contributed by atoms with Gasteiger partial charge in [0.15, 0.2) is 0 Å². The Hall–Kier alpha value is -2.09. The van der Waals surface area contributed by atoms with E-state index in [-0.39, 0.29) is 0 Å². The van der Waals surface area contributed by atoms with Crippen LogP contribution in [0.5, 0.6) is 0 Å². The fourth-order valence-electron chi connectivity index (χ4n) is 2.38. The maximum atomic E-state index is 5.71. The molecule has 3 aromatic rings. The molecule has 0 aliphatic carbocycles. The van der Waals surface area contributed by atoms with E-state index in [1.54, 1.807) is 0 Å². The summed E-state index contributed by atoms with van der Waals surface area (Å²) in [6.45, 7) is 0. The Morgan fingerprint density at radius 2 is 1.60 bits per heavy atom. The van der Waals surface area contributed by atoms with Crippen molar-refractivity contribution >= 4 is 36.7 Å². The van der Waals surface area contributed by atoms with Crippen LogP contribution in [0.25, 0.3) is 21.9 Å². The third-order valence-corrected chi connectivity index (χ3v) is 3.43. The summed E-state index contributed by atoms with van der Waals surface area (Å²) in [5.74, 6) is 0. The van der Waals surface area contributed by atoms with Crippen LogP contribution in [0.15, 0.2) is 66.7 Å². The van der Waals surface area contributed by atoms with Crippen LogP contribution in [0, 0.1) is 0 Å². The molecule has 0 saturated carbocycles. The number of benzene rings is 3. The van der Waals surface area contributed by atoms with Crippen molar-refractivity contribution in [2.75, 3.05) is 5.32 Å². The summed E-state index contributed by atoms with van der Waals surface area (Å²) in [5, 5.41) is 5.58. The second-order valence-corrected chi connectivity index (χ2v) is 5.52. The SMILES string of the molecule is NC(=[Se])Nc1cc(-c2ccccc2)c2ccccc2c1. The Morgan fingerprint density at radius 3 is 2.35 bits per heavy atom. The van der Waals surface area contributed by atoms with Gasteiger partial charge in [0.25, 0.3) is 0 Å². The molecule has 0 unspecified atom stereocenters. The minimum absolute atomic E-state index is 0.569.